The fourth-order valence-corrected chi connectivity index (χ4v) is 8.71. The Hall–Kier alpha value is 0.629. The van der Waals surface area contributed by atoms with Gasteiger partial charge in [0.2, 0.25) is 0 Å². The minimum atomic E-state index is -1.49. The minimum Gasteiger partial charge on any atom is -0.666 e. The second-order valence-corrected chi connectivity index (χ2v) is 13.1. The Balaban J connectivity index is 0. The van der Waals surface area contributed by atoms with Gasteiger partial charge in [-0.1, -0.05) is 68.4 Å². The van der Waals surface area contributed by atoms with Crippen molar-refractivity contribution in [3.63, 3.8) is 0 Å². The summed E-state index contributed by atoms with van der Waals surface area (Å²) in [6.07, 6.45) is 2.56. The molecule has 0 amide bonds. The van der Waals surface area contributed by atoms with Crippen LogP contribution in [0.25, 0.3) is 10.3 Å². The summed E-state index contributed by atoms with van der Waals surface area (Å²) in [5.74, 6) is 3.36. The van der Waals surface area contributed by atoms with Crippen LogP contribution in [0.5, 0.6) is 0 Å². The standard InChI is InChI=1S/C16H34N2Si.C4H8O.CH3.Cr/c1-11(2)17-9-10-18-19(7,8)16-14(5)12(3)13(4)15(16)6;1-2-4-5-3-1;;/h11-16H,9-10H2,1-8H3;1-4H2;1H3;/q-2;;-1;+3. The fraction of sp³-hybridized carbons (Fsp3) is 0.952. The van der Waals surface area contributed by atoms with Crippen LogP contribution < -0.4 is 0 Å². The van der Waals surface area contributed by atoms with E-state index in [4.69, 9.17) is 9.72 Å². The Kier molecular flexibility index (Phi) is 15.2. The number of hydrogen-bond donors (Lipinski definition) is 0. The van der Waals surface area contributed by atoms with Crippen LogP contribution >= 0.6 is 0 Å². The molecule has 1 saturated heterocycles. The van der Waals surface area contributed by atoms with Gasteiger partial charge in [0.1, 0.15) is 0 Å². The summed E-state index contributed by atoms with van der Waals surface area (Å²) < 4.78 is 4.94. The van der Waals surface area contributed by atoms with Gasteiger partial charge in [0.15, 0.2) is 0 Å². The van der Waals surface area contributed by atoms with Gasteiger partial charge in [0.25, 0.3) is 0 Å². The van der Waals surface area contributed by atoms with E-state index in [1.54, 1.807) is 0 Å². The molecule has 1 aliphatic carbocycles. The Bertz CT molecular complexity index is 329. The first kappa shape index (κ1) is 28.8. The maximum Gasteiger partial charge on any atom is 3.00 e. The van der Waals surface area contributed by atoms with Crippen LogP contribution in [0.3, 0.4) is 0 Å². The molecule has 26 heavy (non-hydrogen) atoms. The Morgan fingerprint density at radius 2 is 1.35 bits per heavy atom. The van der Waals surface area contributed by atoms with Crippen molar-refractivity contribution in [3.8, 4) is 0 Å². The van der Waals surface area contributed by atoms with Gasteiger partial charge < -0.3 is 22.5 Å². The molecule has 0 N–H and O–H groups in total. The molecular formula is C21H45CrN2OSi. The fourth-order valence-electron chi connectivity index (χ4n) is 4.65. The van der Waals surface area contributed by atoms with Crippen LogP contribution in [0.1, 0.15) is 54.4 Å². The number of nitrogens with zero attached hydrogens (tertiary/aromatic N) is 2. The first-order valence-electron chi connectivity index (χ1n) is 10.1. The van der Waals surface area contributed by atoms with E-state index < -0.39 is 8.24 Å². The van der Waals surface area contributed by atoms with Crippen molar-refractivity contribution < 1.29 is 22.1 Å². The van der Waals surface area contributed by atoms with E-state index in [-0.39, 0.29) is 24.8 Å². The summed E-state index contributed by atoms with van der Waals surface area (Å²) >= 11 is 0. The summed E-state index contributed by atoms with van der Waals surface area (Å²) in [4.78, 5) is 5.12. The third-order valence-corrected chi connectivity index (χ3v) is 10.1. The van der Waals surface area contributed by atoms with E-state index >= 15 is 0 Å². The van der Waals surface area contributed by atoms with Crippen LogP contribution in [0.15, 0.2) is 0 Å². The summed E-state index contributed by atoms with van der Waals surface area (Å²) in [5, 5.41) is 4.55. The van der Waals surface area contributed by atoms with Crippen molar-refractivity contribution in [2.24, 2.45) is 23.7 Å². The van der Waals surface area contributed by atoms with Gasteiger partial charge in [0, 0.05) is 13.2 Å². The Morgan fingerprint density at radius 1 is 0.885 bits per heavy atom. The van der Waals surface area contributed by atoms with Gasteiger partial charge in [-0.05, 0) is 36.5 Å². The normalized spacial score (nSPS) is 31.0. The second kappa shape index (κ2) is 13.7. The zero-order valence-corrected chi connectivity index (χ0v) is 21.2. The van der Waals surface area contributed by atoms with Crippen LogP contribution in [0.2, 0.25) is 18.6 Å². The number of rotatable bonds is 6. The van der Waals surface area contributed by atoms with Crippen LogP contribution in [-0.4, -0.2) is 40.6 Å². The third-order valence-electron chi connectivity index (χ3n) is 6.38. The maximum absolute atomic E-state index is 5.12. The van der Waals surface area contributed by atoms with Crippen molar-refractivity contribution in [2.75, 3.05) is 26.3 Å². The third kappa shape index (κ3) is 8.76. The van der Waals surface area contributed by atoms with E-state index in [2.05, 4.69) is 60.0 Å². The molecule has 0 aromatic heterocycles. The van der Waals surface area contributed by atoms with Crippen molar-refractivity contribution in [3.05, 3.63) is 17.7 Å². The van der Waals surface area contributed by atoms with Gasteiger partial charge in [-0.2, -0.15) is 13.1 Å². The monoisotopic (exact) mass is 421 g/mol. The molecule has 2 aliphatic rings. The predicted molar refractivity (Wildman–Crippen MR) is 116 cm³/mol. The van der Waals surface area contributed by atoms with E-state index in [0.29, 0.717) is 6.04 Å². The van der Waals surface area contributed by atoms with Gasteiger partial charge in [-0.15, -0.1) is 6.04 Å². The molecule has 1 radical (unpaired) electrons. The number of ether oxygens (including phenoxy) is 1. The van der Waals surface area contributed by atoms with Crippen LogP contribution in [0.4, 0.5) is 0 Å². The van der Waals surface area contributed by atoms with E-state index in [9.17, 15) is 0 Å². The summed E-state index contributed by atoms with van der Waals surface area (Å²) in [7, 11) is -1.49. The molecule has 3 nitrogen and oxygen atoms in total. The minimum absolute atomic E-state index is 0. The smallest absolute Gasteiger partial charge is 0.666 e. The number of hydrogen-bond acceptors (Lipinski definition) is 1. The van der Waals surface area contributed by atoms with Gasteiger partial charge in [-0.25, -0.2) is 0 Å². The maximum atomic E-state index is 5.12. The second-order valence-electron chi connectivity index (χ2n) is 8.82. The molecular weight excluding hydrogens is 376 g/mol. The van der Waals surface area contributed by atoms with Crippen molar-refractivity contribution >= 4 is 8.24 Å². The van der Waals surface area contributed by atoms with Crippen LogP contribution in [0, 0.1) is 31.1 Å². The van der Waals surface area contributed by atoms with E-state index in [1.165, 1.54) is 12.8 Å². The first-order chi connectivity index (χ1) is 11.2. The molecule has 1 aliphatic heterocycles. The molecule has 2 rings (SSSR count). The summed E-state index contributed by atoms with van der Waals surface area (Å²) in [5.41, 5.74) is 0.844. The van der Waals surface area contributed by atoms with Crippen molar-refractivity contribution in [1.29, 1.82) is 0 Å². The van der Waals surface area contributed by atoms with Gasteiger partial charge in [-0.3, -0.25) is 0 Å². The summed E-state index contributed by atoms with van der Waals surface area (Å²) in [6, 6.07) is 0.448. The van der Waals surface area contributed by atoms with Gasteiger partial charge in [0.05, 0.1) is 0 Å². The summed E-state index contributed by atoms with van der Waals surface area (Å²) in [6.45, 7) is 22.9. The predicted octanol–water partition coefficient (Wildman–Crippen LogP) is 6.52. The molecule has 5 heteroatoms. The SMILES string of the molecule is C1CCOC1.CC(C)[N-]CC[N-][Si](C)(C)C1C(C)C(C)C(C)C1C.[CH3-].[Cr+3]. The van der Waals surface area contributed by atoms with Crippen LogP contribution in [-0.2, 0) is 22.1 Å². The molecule has 4 atom stereocenters. The van der Waals surface area contributed by atoms with E-state index in [0.717, 1.165) is 55.5 Å². The van der Waals surface area contributed by atoms with Crippen molar-refractivity contribution in [2.45, 2.75) is 79.1 Å². The molecule has 1 saturated carbocycles. The first-order valence-corrected chi connectivity index (χ1v) is 13.1. The Labute approximate surface area is 177 Å². The molecule has 0 aromatic rings. The zero-order valence-electron chi connectivity index (χ0n) is 18.9. The average molecular weight is 422 g/mol. The Morgan fingerprint density at radius 3 is 1.69 bits per heavy atom. The average Bonchev–Trinajstić information content (AvgIpc) is 3.13. The quantitative estimate of drug-likeness (QED) is 0.273. The molecule has 1 heterocycles. The molecule has 0 bridgehead atoms. The molecule has 0 aromatic carbocycles. The topological polar surface area (TPSA) is 37.4 Å². The largest absolute Gasteiger partial charge is 3.00 e. The zero-order chi connectivity index (χ0) is 18.3. The molecule has 2 fully saturated rings. The molecule has 4 unspecified atom stereocenters. The van der Waals surface area contributed by atoms with Crippen molar-refractivity contribution in [1.82, 2.24) is 0 Å². The van der Waals surface area contributed by atoms with Gasteiger partial charge >= 0.3 is 17.4 Å². The molecule has 155 valence electrons. The van der Waals surface area contributed by atoms with E-state index in [1.807, 2.05) is 0 Å². The molecule has 0 spiro atoms.